The smallest absolute Gasteiger partial charge is 0.326 e. The van der Waals surface area contributed by atoms with E-state index in [0.29, 0.717) is 16.9 Å². The van der Waals surface area contributed by atoms with E-state index < -0.39 is 27.7 Å². The zero-order valence-electron chi connectivity index (χ0n) is 15.3. The van der Waals surface area contributed by atoms with Crippen LogP contribution >= 0.6 is 0 Å². The average Bonchev–Trinajstić information content (AvgIpc) is 2.71. The second-order valence-electron chi connectivity index (χ2n) is 6.16. The Balaban J connectivity index is 1.86. The standard InChI is InChI=1S/C19H18FN5O3S/c1-29(27,28)16-5-2-4-14(12-16)18(13-7-9-15(20)10-8-13)22-19(26)25-24-17-6-3-11-21-23-17/h2-12,18H,1H3,(H,23,24)(H2,22,25,26). The fraction of sp³-hybridized carbons (Fsp3) is 0.105. The first-order chi connectivity index (χ1) is 13.8. The van der Waals surface area contributed by atoms with Crippen molar-refractivity contribution in [2.24, 2.45) is 0 Å². The number of anilines is 1. The molecule has 3 N–H and O–H groups in total. The molecule has 0 fully saturated rings. The van der Waals surface area contributed by atoms with Gasteiger partial charge in [0.05, 0.1) is 10.9 Å². The number of aromatic nitrogens is 2. The summed E-state index contributed by atoms with van der Waals surface area (Å²) in [4.78, 5) is 12.5. The van der Waals surface area contributed by atoms with E-state index in [0.717, 1.165) is 6.26 Å². The number of rotatable bonds is 6. The number of benzene rings is 2. The van der Waals surface area contributed by atoms with Crippen molar-refractivity contribution < 1.29 is 17.6 Å². The number of hydrazine groups is 1. The summed E-state index contributed by atoms with van der Waals surface area (Å²) in [5.41, 5.74) is 6.13. The normalized spacial score (nSPS) is 12.1. The average molecular weight is 415 g/mol. The van der Waals surface area contributed by atoms with Crippen LogP contribution in [0.1, 0.15) is 17.2 Å². The summed E-state index contributed by atoms with van der Waals surface area (Å²) < 4.78 is 37.1. The molecule has 8 nitrogen and oxygen atoms in total. The Kier molecular flexibility index (Phi) is 6.03. The van der Waals surface area contributed by atoms with Crippen molar-refractivity contribution >= 4 is 21.7 Å². The van der Waals surface area contributed by atoms with E-state index in [1.54, 1.807) is 24.3 Å². The third-order valence-electron chi connectivity index (χ3n) is 3.97. The molecule has 0 radical (unpaired) electrons. The van der Waals surface area contributed by atoms with E-state index >= 15 is 0 Å². The van der Waals surface area contributed by atoms with Crippen LogP contribution in [0.4, 0.5) is 15.0 Å². The molecule has 0 spiro atoms. The molecule has 1 heterocycles. The van der Waals surface area contributed by atoms with Crippen molar-refractivity contribution in [1.82, 2.24) is 20.9 Å². The summed E-state index contributed by atoms with van der Waals surface area (Å²) in [7, 11) is -3.44. The fourth-order valence-electron chi connectivity index (χ4n) is 2.60. The van der Waals surface area contributed by atoms with Crippen LogP contribution in [-0.2, 0) is 9.84 Å². The zero-order valence-corrected chi connectivity index (χ0v) is 16.2. The molecule has 3 rings (SSSR count). The first-order valence-corrected chi connectivity index (χ1v) is 10.4. The largest absolute Gasteiger partial charge is 0.334 e. The van der Waals surface area contributed by atoms with Gasteiger partial charge in [-0.05, 0) is 47.5 Å². The van der Waals surface area contributed by atoms with Gasteiger partial charge in [-0.15, -0.1) is 5.10 Å². The number of carbonyl (C=O) groups is 1. The fourth-order valence-corrected chi connectivity index (χ4v) is 3.27. The maximum absolute atomic E-state index is 13.3. The molecule has 0 aliphatic heterocycles. The van der Waals surface area contributed by atoms with Gasteiger partial charge in [0, 0.05) is 12.5 Å². The Labute approximate surface area is 167 Å². The molecule has 150 valence electrons. The number of nitrogens with zero attached hydrogens (tertiary/aromatic N) is 2. The Morgan fingerprint density at radius 1 is 1.03 bits per heavy atom. The van der Waals surface area contributed by atoms with Gasteiger partial charge in [0.1, 0.15) is 5.82 Å². The van der Waals surface area contributed by atoms with Crippen LogP contribution < -0.4 is 16.2 Å². The number of hydrogen-bond acceptors (Lipinski definition) is 6. The van der Waals surface area contributed by atoms with Crippen molar-refractivity contribution in [3.8, 4) is 0 Å². The lowest BCUT2D eigenvalue weighted by atomic mass is 9.99. The summed E-state index contributed by atoms with van der Waals surface area (Å²) in [5.74, 6) is -0.0915. The molecule has 1 unspecified atom stereocenters. The first kappa shape index (κ1) is 20.2. The lowest BCUT2D eigenvalue weighted by molar-refractivity contribution is 0.240. The predicted octanol–water partition coefficient (Wildman–Crippen LogP) is 2.43. The minimum atomic E-state index is -3.44. The molecule has 0 aliphatic rings. The highest BCUT2D eigenvalue weighted by atomic mass is 32.2. The van der Waals surface area contributed by atoms with Gasteiger partial charge in [0.25, 0.3) is 0 Å². The lowest BCUT2D eigenvalue weighted by Crippen LogP contribution is -2.41. The van der Waals surface area contributed by atoms with Crippen LogP contribution in [0.2, 0.25) is 0 Å². The van der Waals surface area contributed by atoms with Gasteiger partial charge in [-0.1, -0.05) is 24.3 Å². The minimum absolute atomic E-state index is 0.113. The SMILES string of the molecule is CS(=O)(=O)c1cccc(C(NC(=O)NNc2cccnn2)c2ccc(F)cc2)c1. The summed E-state index contributed by atoms with van der Waals surface area (Å²) in [6.45, 7) is 0. The van der Waals surface area contributed by atoms with E-state index in [1.807, 2.05) is 0 Å². The number of hydrogen-bond donors (Lipinski definition) is 3. The van der Waals surface area contributed by atoms with Crippen LogP contribution in [0.5, 0.6) is 0 Å². The third-order valence-corrected chi connectivity index (χ3v) is 5.08. The molecule has 2 aromatic carbocycles. The first-order valence-electron chi connectivity index (χ1n) is 8.48. The molecule has 1 aromatic heterocycles. The maximum Gasteiger partial charge on any atom is 0.334 e. The highest BCUT2D eigenvalue weighted by Gasteiger charge is 2.19. The molecule has 1 atom stereocenters. The van der Waals surface area contributed by atoms with Gasteiger partial charge >= 0.3 is 6.03 Å². The Bertz CT molecular complexity index is 1090. The van der Waals surface area contributed by atoms with E-state index in [9.17, 15) is 17.6 Å². The Morgan fingerprint density at radius 2 is 1.79 bits per heavy atom. The third kappa shape index (κ3) is 5.48. The van der Waals surface area contributed by atoms with Crippen LogP contribution in [0.15, 0.2) is 71.8 Å². The van der Waals surface area contributed by atoms with Crippen LogP contribution in [0.25, 0.3) is 0 Å². The Hall–Kier alpha value is -3.53. The zero-order chi connectivity index (χ0) is 20.9. The van der Waals surface area contributed by atoms with Crippen molar-refractivity contribution in [2.75, 3.05) is 11.7 Å². The topological polar surface area (TPSA) is 113 Å². The Morgan fingerprint density at radius 3 is 2.45 bits per heavy atom. The van der Waals surface area contributed by atoms with Crippen molar-refractivity contribution in [1.29, 1.82) is 0 Å². The minimum Gasteiger partial charge on any atom is -0.326 e. The van der Waals surface area contributed by atoms with E-state index in [4.69, 9.17) is 0 Å². The molecule has 29 heavy (non-hydrogen) atoms. The number of amides is 2. The monoisotopic (exact) mass is 415 g/mol. The second-order valence-corrected chi connectivity index (χ2v) is 8.18. The van der Waals surface area contributed by atoms with Gasteiger partial charge in [0.15, 0.2) is 15.7 Å². The van der Waals surface area contributed by atoms with Crippen molar-refractivity contribution in [2.45, 2.75) is 10.9 Å². The van der Waals surface area contributed by atoms with Crippen LogP contribution in [0, 0.1) is 5.82 Å². The number of urea groups is 1. The molecule has 3 aromatic rings. The molecular formula is C19H18FN5O3S. The van der Waals surface area contributed by atoms with Crippen molar-refractivity contribution in [3.05, 3.63) is 83.8 Å². The maximum atomic E-state index is 13.3. The van der Waals surface area contributed by atoms with Crippen LogP contribution in [-0.4, -0.2) is 30.9 Å². The van der Waals surface area contributed by atoms with Gasteiger partial charge in [-0.2, -0.15) is 5.10 Å². The van der Waals surface area contributed by atoms with E-state index in [2.05, 4.69) is 26.4 Å². The number of carbonyl (C=O) groups excluding carboxylic acids is 1. The van der Waals surface area contributed by atoms with E-state index in [1.165, 1.54) is 42.6 Å². The molecule has 2 amide bonds. The summed E-state index contributed by atoms with van der Waals surface area (Å²) in [6, 6.07) is 13.7. The molecule has 0 saturated carbocycles. The quantitative estimate of drug-likeness (QED) is 0.533. The highest BCUT2D eigenvalue weighted by Crippen LogP contribution is 2.24. The summed E-state index contributed by atoms with van der Waals surface area (Å²) >= 11 is 0. The molecule has 0 bridgehead atoms. The van der Waals surface area contributed by atoms with Gasteiger partial charge in [-0.3, -0.25) is 10.9 Å². The number of halogens is 1. The van der Waals surface area contributed by atoms with Gasteiger partial charge in [0.2, 0.25) is 0 Å². The lowest BCUT2D eigenvalue weighted by Gasteiger charge is -2.21. The highest BCUT2D eigenvalue weighted by molar-refractivity contribution is 7.90. The van der Waals surface area contributed by atoms with Gasteiger partial charge in [-0.25, -0.2) is 17.6 Å². The molecule has 0 saturated heterocycles. The van der Waals surface area contributed by atoms with Crippen LogP contribution in [0.3, 0.4) is 0 Å². The number of sulfone groups is 1. The molecular weight excluding hydrogens is 397 g/mol. The summed E-state index contributed by atoms with van der Waals surface area (Å²) in [6.07, 6.45) is 2.59. The van der Waals surface area contributed by atoms with Gasteiger partial charge < -0.3 is 5.32 Å². The number of nitrogens with one attached hydrogen (secondary N) is 3. The summed E-state index contributed by atoms with van der Waals surface area (Å²) in [5, 5.41) is 10.2. The van der Waals surface area contributed by atoms with Crippen molar-refractivity contribution in [3.63, 3.8) is 0 Å². The molecule has 0 aliphatic carbocycles. The van der Waals surface area contributed by atoms with E-state index in [-0.39, 0.29) is 4.90 Å². The molecule has 10 heteroatoms. The predicted molar refractivity (Wildman–Crippen MR) is 105 cm³/mol. The second kappa shape index (κ2) is 8.65.